The normalized spacial score (nSPS) is 19.3. The van der Waals surface area contributed by atoms with Gasteiger partial charge in [-0.15, -0.1) is 0 Å². The smallest absolute Gasteiger partial charge is 0.328 e. The summed E-state index contributed by atoms with van der Waals surface area (Å²) in [4.78, 5) is 8.71. The maximum Gasteiger partial charge on any atom is 0.471 e. The standard InChI is InChI=1S/C5H14NO4P/c1-5(6)3-4-10-11(7,8)9-2/h5H,3-4,6H2,1-2H3,(H,7,8)/t5-/m1/s1. The van der Waals surface area contributed by atoms with Crippen LogP contribution in [0.2, 0.25) is 0 Å². The third-order valence-corrected chi connectivity index (χ3v) is 2.03. The third-order valence-electron chi connectivity index (χ3n) is 1.06. The Bertz CT molecular complexity index is 149. The molecule has 2 atom stereocenters. The minimum Gasteiger partial charge on any atom is -0.328 e. The van der Waals surface area contributed by atoms with Gasteiger partial charge in [-0.2, -0.15) is 0 Å². The number of rotatable bonds is 5. The first-order valence-electron chi connectivity index (χ1n) is 3.26. The van der Waals surface area contributed by atoms with Crippen LogP contribution in [0.25, 0.3) is 0 Å². The fourth-order valence-electron chi connectivity index (χ4n) is 0.407. The van der Waals surface area contributed by atoms with E-state index in [1.54, 1.807) is 6.92 Å². The number of hydrogen-bond donors (Lipinski definition) is 2. The summed E-state index contributed by atoms with van der Waals surface area (Å²) >= 11 is 0. The molecule has 0 aromatic carbocycles. The van der Waals surface area contributed by atoms with Gasteiger partial charge in [0.1, 0.15) is 0 Å². The fourth-order valence-corrected chi connectivity index (χ4v) is 0.848. The van der Waals surface area contributed by atoms with Gasteiger partial charge in [0.15, 0.2) is 0 Å². The highest BCUT2D eigenvalue weighted by Crippen LogP contribution is 2.41. The molecule has 0 saturated carbocycles. The first-order chi connectivity index (χ1) is 4.98. The van der Waals surface area contributed by atoms with Crippen LogP contribution in [-0.4, -0.2) is 24.7 Å². The van der Waals surface area contributed by atoms with Crippen molar-refractivity contribution < 1.29 is 18.5 Å². The molecule has 0 rings (SSSR count). The molecule has 0 amide bonds. The van der Waals surface area contributed by atoms with E-state index in [0.29, 0.717) is 6.42 Å². The first-order valence-corrected chi connectivity index (χ1v) is 4.76. The molecule has 6 heteroatoms. The highest BCUT2D eigenvalue weighted by Gasteiger charge is 2.17. The lowest BCUT2D eigenvalue weighted by molar-refractivity contribution is 0.169. The molecular formula is C5H14NO4P. The van der Waals surface area contributed by atoms with Crippen LogP contribution in [0.5, 0.6) is 0 Å². The van der Waals surface area contributed by atoms with E-state index >= 15 is 0 Å². The van der Waals surface area contributed by atoms with E-state index in [1.165, 1.54) is 0 Å². The Morgan fingerprint density at radius 3 is 2.64 bits per heavy atom. The van der Waals surface area contributed by atoms with Crippen molar-refractivity contribution in [3.63, 3.8) is 0 Å². The molecule has 0 spiro atoms. The predicted molar refractivity (Wildman–Crippen MR) is 41.1 cm³/mol. The zero-order valence-corrected chi connectivity index (χ0v) is 7.58. The summed E-state index contributed by atoms with van der Waals surface area (Å²) in [6.45, 7) is 1.93. The van der Waals surface area contributed by atoms with Crippen molar-refractivity contribution in [1.82, 2.24) is 0 Å². The summed E-state index contributed by atoms with van der Waals surface area (Å²) in [7, 11) is -2.67. The quantitative estimate of drug-likeness (QED) is 0.606. The second-order valence-electron chi connectivity index (χ2n) is 2.25. The van der Waals surface area contributed by atoms with E-state index in [0.717, 1.165) is 7.11 Å². The second kappa shape index (κ2) is 4.85. The molecule has 1 unspecified atom stereocenters. The summed E-state index contributed by atoms with van der Waals surface area (Å²) in [6, 6.07) is -0.0353. The maximum atomic E-state index is 10.6. The van der Waals surface area contributed by atoms with Crippen molar-refractivity contribution in [3.05, 3.63) is 0 Å². The van der Waals surface area contributed by atoms with Crippen LogP contribution < -0.4 is 5.73 Å². The molecule has 0 heterocycles. The topological polar surface area (TPSA) is 81.8 Å². The Labute approximate surface area is 66.1 Å². The number of phosphoric ester groups is 1. The molecule has 0 aromatic rings. The van der Waals surface area contributed by atoms with Crippen molar-refractivity contribution in [3.8, 4) is 0 Å². The Morgan fingerprint density at radius 2 is 2.27 bits per heavy atom. The zero-order chi connectivity index (χ0) is 8.91. The molecular weight excluding hydrogens is 169 g/mol. The second-order valence-corrected chi connectivity index (χ2v) is 3.81. The van der Waals surface area contributed by atoms with Crippen molar-refractivity contribution in [2.45, 2.75) is 19.4 Å². The summed E-state index contributed by atoms with van der Waals surface area (Å²) in [5, 5.41) is 0. The molecule has 68 valence electrons. The molecule has 0 aliphatic rings. The average Bonchev–Trinajstić information content (AvgIpc) is 1.87. The van der Waals surface area contributed by atoms with Gasteiger partial charge in [0, 0.05) is 13.2 Å². The highest BCUT2D eigenvalue weighted by atomic mass is 31.2. The zero-order valence-electron chi connectivity index (χ0n) is 6.69. The van der Waals surface area contributed by atoms with Crippen LogP contribution in [0.4, 0.5) is 0 Å². The molecule has 0 bridgehead atoms. The molecule has 0 saturated heterocycles. The van der Waals surface area contributed by atoms with Crippen molar-refractivity contribution >= 4 is 7.82 Å². The predicted octanol–water partition coefficient (Wildman–Crippen LogP) is 0.487. The Morgan fingerprint density at radius 1 is 1.73 bits per heavy atom. The van der Waals surface area contributed by atoms with Gasteiger partial charge in [-0.25, -0.2) is 4.57 Å². The Balaban J connectivity index is 3.46. The average molecular weight is 183 g/mol. The number of phosphoric acid groups is 1. The lowest BCUT2D eigenvalue weighted by Crippen LogP contribution is -2.16. The van der Waals surface area contributed by atoms with E-state index < -0.39 is 7.82 Å². The minimum atomic E-state index is -3.79. The van der Waals surface area contributed by atoms with E-state index in [9.17, 15) is 4.57 Å². The summed E-state index contributed by atoms with van der Waals surface area (Å²) in [6.07, 6.45) is 0.536. The lowest BCUT2D eigenvalue weighted by atomic mass is 10.3. The number of nitrogens with two attached hydrogens (primary N) is 1. The van der Waals surface area contributed by atoms with Gasteiger partial charge in [0.2, 0.25) is 0 Å². The maximum absolute atomic E-state index is 10.6. The summed E-state index contributed by atoms with van der Waals surface area (Å²) in [5.41, 5.74) is 5.37. The summed E-state index contributed by atoms with van der Waals surface area (Å²) < 4.78 is 19.3. The van der Waals surface area contributed by atoms with Crippen LogP contribution in [0, 0.1) is 0 Å². The monoisotopic (exact) mass is 183 g/mol. The van der Waals surface area contributed by atoms with E-state index in [2.05, 4.69) is 9.05 Å². The van der Waals surface area contributed by atoms with Crippen molar-refractivity contribution in [1.29, 1.82) is 0 Å². The van der Waals surface area contributed by atoms with Gasteiger partial charge in [-0.05, 0) is 13.3 Å². The van der Waals surface area contributed by atoms with E-state index in [-0.39, 0.29) is 12.6 Å². The van der Waals surface area contributed by atoms with Crippen LogP contribution in [0.1, 0.15) is 13.3 Å². The van der Waals surface area contributed by atoms with Crippen LogP contribution >= 0.6 is 7.82 Å². The van der Waals surface area contributed by atoms with Gasteiger partial charge in [0.25, 0.3) is 0 Å². The Kier molecular flexibility index (Phi) is 4.88. The number of hydrogen-bond acceptors (Lipinski definition) is 4. The van der Waals surface area contributed by atoms with Gasteiger partial charge in [-0.1, -0.05) is 0 Å². The molecule has 5 nitrogen and oxygen atoms in total. The lowest BCUT2D eigenvalue weighted by Gasteiger charge is -2.09. The summed E-state index contributed by atoms with van der Waals surface area (Å²) in [5.74, 6) is 0. The van der Waals surface area contributed by atoms with E-state index in [4.69, 9.17) is 10.6 Å². The largest absolute Gasteiger partial charge is 0.471 e. The molecule has 0 fully saturated rings. The van der Waals surface area contributed by atoms with Crippen LogP contribution in [0.3, 0.4) is 0 Å². The van der Waals surface area contributed by atoms with Crippen molar-refractivity contribution in [2.24, 2.45) is 5.73 Å². The molecule has 0 aliphatic heterocycles. The fraction of sp³-hybridized carbons (Fsp3) is 1.00. The molecule has 0 aromatic heterocycles. The Hall–Kier alpha value is 0.0700. The van der Waals surface area contributed by atoms with Gasteiger partial charge < -0.3 is 10.6 Å². The molecule has 11 heavy (non-hydrogen) atoms. The van der Waals surface area contributed by atoms with Crippen LogP contribution in [-0.2, 0) is 13.6 Å². The van der Waals surface area contributed by atoms with Gasteiger partial charge in [0.05, 0.1) is 6.61 Å². The highest BCUT2D eigenvalue weighted by molar-refractivity contribution is 7.47. The van der Waals surface area contributed by atoms with Gasteiger partial charge in [-0.3, -0.25) is 9.05 Å². The van der Waals surface area contributed by atoms with Crippen molar-refractivity contribution in [2.75, 3.05) is 13.7 Å². The molecule has 0 aliphatic carbocycles. The third kappa shape index (κ3) is 6.47. The SMILES string of the molecule is COP(=O)(O)OCC[C@@H](C)N. The molecule has 0 radical (unpaired) electrons. The molecule has 3 N–H and O–H groups in total. The van der Waals surface area contributed by atoms with Crippen LogP contribution in [0.15, 0.2) is 0 Å². The van der Waals surface area contributed by atoms with E-state index in [1.807, 2.05) is 0 Å². The minimum absolute atomic E-state index is 0.0353. The first kappa shape index (κ1) is 11.1. The van der Waals surface area contributed by atoms with Gasteiger partial charge >= 0.3 is 7.82 Å².